The number of aromatic nitrogens is 4. The van der Waals surface area contributed by atoms with Gasteiger partial charge in [-0.2, -0.15) is 0 Å². The maximum absolute atomic E-state index is 6.00. The molecule has 90 valence electrons. The van der Waals surface area contributed by atoms with Crippen LogP contribution in [0, 0.1) is 3.57 Å². The van der Waals surface area contributed by atoms with E-state index in [2.05, 4.69) is 28.8 Å². The normalized spacial score (nSPS) is 11.2. The summed E-state index contributed by atoms with van der Waals surface area (Å²) in [4.78, 5) is 12.5. The molecule has 0 spiro atoms. The first-order chi connectivity index (χ1) is 8.00. The molecule has 0 saturated heterocycles. The smallest absolute Gasteiger partial charge is 0.180 e. The van der Waals surface area contributed by atoms with Crippen molar-refractivity contribution >= 4 is 45.8 Å². The van der Waals surface area contributed by atoms with Crippen LogP contribution in [-0.2, 0) is 0 Å². The zero-order chi connectivity index (χ0) is 12.6. The van der Waals surface area contributed by atoms with E-state index in [0.717, 1.165) is 5.69 Å². The van der Waals surface area contributed by atoms with Crippen LogP contribution in [0.4, 0.5) is 0 Å². The van der Waals surface area contributed by atoms with Crippen molar-refractivity contribution in [1.29, 1.82) is 0 Å². The molecular weight excluding hydrogens is 374 g/mol. The Morgan fingerprint density at radius 2 is 1.82 bits per heavy atom. The molecule has 2 rings (SSSR count). The first-order valence-corrected chi connectivity index (χ1v) is 6.75. The summed E-state index contributed by atoms with van der Waals surface area (Å²) in [7, 11) is 0. The maximum Gasteiger partial charge on any atom is 0.180 e. The van der Waals surface area contributed by atoms with Gasteiger partial charge in [0.05, 0.1) is 16.1 Å². The molecule has 0 saturated carbocycles. The molecule has 4 nitrogen and oxygen atoms in total. The summed E-state index contributed by atoms with van der Waals surface area (Å²) in [5.41, 5.74) is 0.806. The molecule has 0 atom stereocenters. The Labute approximate surface area is 123 Å². The van der Waals surface area contributed by atoms with Crippen molar-refractivity contribution in [1.82, 2.24) is 19.5 Å². The van der Waals surface area contributed by atoms with Crippen molar-refractivity contribution in [3.05, 3.63) is 26.4 Å². The molecule has 7 heteroatoms. The molecule has 0 aliphatic heterocycles. The Kier molecular flexibility index (Phi) is 3.89. The van der Waals surface area contributed by atoms with E-state index >= 15 is 0 Å². The van der Waals surface area contributed by atoms with Gasteiger partial charge in [0.25, 0.3) is 0 Å². The van der Waals surface area contributed by atoms with E-state index < -0.39 is 0 Å². The quantitative estimate of drug-likeness (QED) is 0.585. The Morgan fingerprint density at radius 1 is 1.24 bits per heavy atom. The van der Waals surface area contributed by atoms with E-state index in [9.17, 15) is 0 Å². The van der Waals surface area contributed by atoms with Gasteiger partial charge >= 0.3 is 0 Å². The van der Waals surface area contributed by atoms with Crippen LogP contribution < -0.4 is 0 Å². The molecule has 0 aliphatic carbocycles. The molecule has 0 aromatic carbocycles. The van der Waals surface area contributed by atoms with Crippen LogP contribution in [0.1, 0.15) is 19.9 Å². The Bertz CT molecular complexity index is 530. The average molecular weight is 383 g/mol. The third-order valence-electron chi connectivity index (χ3n) is 2.22. The predicted octanol–water partition coefficient (Wildman–Crippen LogP) is 3.83. The number of imidazole rings is 1. The average Bonchev–Trinajstić information content (AvgIpc) is 2.74. The standard InChI is InChI=1S/C10H9Cl2IN4/c1-5(2)17-4-14-3-6(17)10-15-8(11)7(13)9(12)16-10/h3-5H,1-2H3. The van der Waals surface area contributed by atoms with E-state index in [1.807, 2.05) is 27.2 Å². The van der Waals surface area contributed by atoms with Gasteiger partial charge < -0.3 is 4.57 Å². The second-order valence-corrected chi connectivity index (χ2v) is 5.52. The molecule has 0 N–H and O–H groups in total. The predicted molar refractivity (Wildman–Crippen MR) is 76.4 cm³/mol. The lowest BCUT2D eigenvalue weighted by Crippen LogP contribution is -2.04. The first-order valence-electron chi connectivity index (χ1n) is 4.91. The summed E-state index contributed by atoms with van der Waals surface area (Å²) in [5.74, 6) is 0.492. The van der Waals surface area contributed by atoms with Gasteiger partial charge in [0, 0.05) is 6.04 Å². The summed E-state index contributed by atoms with van der Waals surface area (Å²) >= 11 is 14.0. The van der Waals surface area contributed by atoms with Gasteiger partial charge in [-0.25, -0.2) is 15.0 Å². The fraction of sp³-hybridized carbons (Fsp3) is 0.300. The number of hydrogen-bond donors (Lipinski definition) is 0. The van der Waals surface area contributed by atoms with Crippen molar-refractivity contribution < 1.29 is 0 Å². The molecule has 2 aromatic heterocycles. The maximum atomic E-state index is 6.00. The summed E-state index contributed by atoms with van der Waals surface area (Å²) < 4.78 is 2.62. The Hall–Kier alpha value is -0.400. The van der Waals surface area contributed by atoms with Gasteiger partial charge in [-0.05, 0) is 36.4 Å². The lowest BCUT2D eigenvalue weighted by Gasteiger charge is -2.11. The molecule has 0 bridgehead atoms. The number of halogens is 3. The lowest BCUT2D eigenvalue weighted by molar-refractivity contribution is 0.603. The van der Waals surface area contributed by atoms with Crippen LogP contribution in [0.3, 0.4) is 0 Å². The van der Waals surface area contributed by atoms with Gasteiger partial charge in [-0.1, -0.05) is 23.2 Å². The van der Waals surface area contributed by atoms with Gasteiger partial charge in [-0.15, -0.1) is 0 Å². The zero-order valence-electron chi connectivity index (χ0n) is 9.15. The topological polar surface area (TPSA) is 43.6 Å². The van der Waals surface area contributed by atoms with Crippen LogP contribution in [0.5, 0.6) is 0 Å². The second-order valence-electron chi connectivity index (χ2n) is 3.72. The van der Waals surface area contributed by atoms with Crippen LogP contribution in [0.15, 0.2) is 12.5 Å². The Balaban J connectivity index is 2.57. The minimum atomic E-state index is 0.271. The van der Waals surface area contributed by atoms with Crippen LogP contribution in [-0.4, -0.2) is 19.5 Å². The van der Waals surface area contributed by atoms with Crippen molar-refractivity contribution in [2.45, 2.75) is 19.9 Å². The van der Waals surface area contributed by atoms with Crippen molar-refractivity contribution in [2.24, 2.45) is 0 Å². The molecule has 2 heterocycles. The molecule has 0 unspecified atom stereocenters. The molecule has 17 heavy (non-hydrogen) atoms. The molecule has 0 radical (unpaired) electrons. The highest BCUT2D eigenvalue weighted by Crippen LogP contribution is 2.27. The minimum Gasteiger partial charge on any atom is -0.325 e. The lowest BCUT2D eigenvalue weighted by atomic mass is 10.3. The highest BCUT2D eigenvalue weighted by atomic mass is 127. The van der Waals surface area contributed by atoms with Crippen LogP contribution in [0.25, 0.3) is 11.5 Å². The summed E-state index contributed by atoms with van der Waals surface area (Å²) in [6, 6.07) is 0.271. The second kappa shape index (κ2) is 5.07. The van der Waals surface area contributed by atoms with Crippen molar-refractivity contribution in [3.63, 3.8) is 0 Å². The SMILES string of the molecule is CC(C)n1cncc1-c1nc(Cl)c(I)c(Cl)n1. The summed E-state index contributed by atoms with van der Waals surface area (Å²) in [6.45, 7) is 4.11. The van der Waals surface area contributed by atoms with Gasteiger partial charge in [0.1, 0.15) is 16.0 Å². The van der Waals surface area contributed by atoms with Crippen LogP contribution >= 0.6 is 45.8 Å². The Morgan fingerprint density at radius 3 is 2.35 bits per heavy atom. The van der Waals surface area contributed by atoms with E-state index in [4.69, 9.17) is 23.2 Å². The third kappa shape index (κ3) is 2.56. The molecule has 0 fully saturated rings. The summed E-state index contributed by atoms with van der Waals surface area (Å²) in [5, 5.41) is 0.717. The van der Waals surface area contributed by atoms with E-state index in [1.54, 1.807) is 12.5 Å². The van der Waals surface area contributed by atoms with E-state index in [-0.39, 0.29) is 6.04 Å². The largest absolute Gasteiger partial charge is 0.325 e. The summed E-state index contributed by atoms with van der Waals surface area (Å²) in [6.07, 6.45) is 3.44. The van der Waals surface area contributed by atoms with Crippen molar-refractivity contribution in [2.75, 3.05) is 0 Å². The zero-order valence-corrected chi connectivity index (χ0v) is 12.8. The minimum absolute atomic E-state index is 0.271. The van der Waals surface area contributed by atoms with E-state index in [1.165, 1.54) is 0 Å². The highest BCUT2D eigenvalue weighted by Gasteiger charge is 2.14. The fourth-order valence-corrected chi connectivity index (χ4v) is 2.03. The molecule has 2 aromatic rings. The van der Waals surface area contributed by atoms with Gasteiger partial charge in [0.15, 0.2) is 5.82 Å². The third-order valence-corrected chi connectivity index (χ3v) is 4.43. The van der Waals surface area contributed by atoms with E-state index in [0.29, 0.717) is 19.7 Å². The van der Waals surface area contributed by atoms with Gasteiger partial charge in [0.2, 0.25) is 0 Å². The number of hydrogen-bond acceptors (Lipinski definition) is 3. The number of nitrogens with zero attached hydrogens (tertiary/aromatic N) is 4. The highest BCUT2D eigenvalue weighted by molar-refractivity contribution is 14.1. The molecular formula is C10H9Cl2IN4. The van der Waals surface area contributed by atoms with Gasteiger partial charge in [-0.3, -0.25) is 0 Å². The molecule has 0 aliphatic rings. The monoisotopic (exact) mass is 382 g/mol. The first kappa shape index (κ1) is 13.0. The molecule has 0 amide bonds. The fourth-order valence-electron chi connectivity index (χ4n) is 1.40. The van der Waals surface area contributed by atoms with Crippen LogP contribution in [0.2, 0.25) is 10.3 Å². The number of rotatable bonds is 2. The van der Waals surface area contributed by atoms with Crippen molar-refractivity contribution in [3.8, 4) is 11.5 Å².